The highest BCUT2D eigenvalue weighted by Gasteiger charge is 2.29. The second kappa shape index (κ2) is 10.5. The molecule has 8 heteroatoms. The molecule has 2 saturated heterocycles. The predicted molar refractivity (Wildman–Crippen MR) is 128 cm³/mol. The Kier molecular flexibility index (Phi) is 7.29. The van der Waals surface area contributed by atoms with E-state index in [-0.39, 0.29) is 5.91 Å². The minimum absolute atomic E-state index is 0.212. The van der Waals surface area contributed by atoms with Crippen LogP contribution in [0.25, 0.3) is 0 Å². The second-order valence-electron chi connectivity index (χ2n) is 8.72. The summed E-state index contributed by atoms with van der Waals surface area (Å²) in [5.41, 5.74) is 1.23. The first-order chi connectivity index (χ1) is 15.7. The molecule has 1 aromatic carbocycles. The number of benzene rings is 1. The molecule has 172 valence electrons. The van der Waals surface area contributed by atoms with E-state index in [1.54, 1.807) is 0 Å². The summed E-state index contributed by atoms with van der Waals surface area (Å²) in [5.74, 6) is 1.68. The average Bonchev–Trinajstić information content (AvgIpc) is 3.38. The molecule has 3 heterocycles. The molecule has 2 unspecified atom stereocenters. The monoisotopic (exact) mass is 437 g/mol. The summed E-state index contributed by atoms with van der Waals surface area (Å²) in [6.45, 7) is 8.09. The number of hydrogen-bond donors (Lipinski definition) is 1. The van der Waals surface area contributed by atoms with Crippen molar-refractivity contribution in [3.05, 3.63) is 49.1 Å². The van der Waals surface area contributed by atoms with Crippen LogP contribution in [0.2, 0.25) is 0 Å². The Morgan fingerprint density at radius 1 is 1.12 bits per heavy atom. The third-order valence-electron chi connectivity index (χ3n) is 6.71. The van der Waals surface area contributed by atoms with Crippen LogP contribution in [0.3, 0.4) is 0 Å². The first-order valence-corrected chi connectivity index (χ1v) is 11.7. The first kappa shape index (κ1) is 22.2. The summed E-state index contributed by atoms with van der Waals surface area (Å²) in [5, 5.41) is 3.42. The number of hydrogen-bond acceptors (Lipinski definition) is 4. The van der Waals surface area contributed by atoms with Gasteiger partial charge in [0.1, 0.15) is 0 Å². The van der Waals surface area contributed by atoms with E-state index in [4.69, 9.17) is 0 Å². The normalized spacial score (nSPS) is 22.2. The lowest BCUT2D eigenvalue weighted by atomic mass is 9.93. The zero-order valence-electron chi connectivity index (χ0n) is 19.2. The third kappa shape index (κ3) is 5.23. The van der Waals surface area contributed by atoms with Crippen LogP contribution in [0.4, 0.5) is 5.69 Å². The average molecular weight is 438 g/mol. The number of para-hydroxylation sites is 1. The highest BCUT2D eigenvalue weighted by molar-refractivity contribution is 5.81. The maximum Gasteiger partial charge on any atom is 0.224 e. The molecular formula is C24H35N7O. The molecule has 0 aliphatic carbocycles. The number of piperidine rings is 1. The van der Waals surface area contributed by atoms with Gasteiger partial charge in [-0.3, -0.25) is 9.79 Å². The number of guanidine groups is 1. The topological polar surface area (TPSA) is 69.0 Å². The van der Waals surface area contributed by atoms with Gasteiger partial charge in [0.25, 0.3) is 0 Å². The maximum atomic E-state index is 12.7. The molecule has 1 aromatic heterocycles. The molecule has 2 aliphatic rings. The highest BCUT2D eigenvalue weighted by Crippen LogP contribution is 2.27. The van der Waals surface area contributed by atoms with Crippen LogP contribution >= 0.6 is 0 Å². The van der Waals surface area contributed by atoms with E-state index >= 15 is 0 Å². The van der Waals surface area contributed by atoms with Crippen LogP contribution in [0, 0.1) is 5.92 Å². The van der Waals surface area contributed by atoms with Crippen molar-refractivity contribution in [3.63, 3.8) is 0 Å². The van der Waals surface area contributed by atoms with Gasteiger partial charge in [0.2, 0.25) is 5.91 Å². The first-order valence-electron chi connectivity index (χ1n) is 11.7. The smallest absolute Gasteiger partial charge is 0.224 e. The molecule has 2 fully saturated rings. The van der Waals surface area contributed by atoms with E-state index in [0.717, 1.165) is 51.6 Å². The third-order valence-corrected chi connectivity index (χ3v) is 6.71. The Bertz CT molecular complexity index is 875. The van der Waals surface area contributed by atoms with Crippen LogP contribution in [0.1, 0.15) is 25.8 Å². The van der Waals surface area contributed by atoms with Gasteiger partial charge >= 0.3 is 0 Å². The van der Waals surface area contributed by atoms with E-state index < -0.39 is 0 Å². The fourth-order valence-electron chi connectivity index (χ4n) is 4.72. The van der Waals surface area contributed by atoms with Crippen LogP contribution < -0.4 is 10.2 Å². The fraction of sp³-hybridized carbons (Fsp3) is 0.542. The van der Waals surface area contributed by atoms with Gasteiger partial charge in [-0.2, -0.15) is 0 Å². The minimum Gasteiger partial charge on any atom is -0.368 e. The Balaban J connectivity index is 1.22. The summed E-state index contributed by atoms with van der Waals surface area (Å²) >= 11 is 0. The number of amides is 1. The van der Waals surface area contributed by atoms with Crippen molar-refractivity contribution in [1.29, 1.82) is 0 Å². The Morgan fingerprint density at radius 3 is 2.59 bits per heavy atom. The van der Waals surface area contributed by atoms with Gasteiger partial charge in [-0.05, 0) is 24.5 Å². The standard InChI is InChI=1S/C24H35N7O/c1-20-9-12-30(18-22(20)31-13-11-26-19-31)24(25-2)27-10-8-23(32)29-16-14-28(15-17-29)21-6-4-3-5-7-21/h3-7,11,13,19-20,22H,8-10,12,14-18H2,1-2H3,(H,25,27). The van der Waals surface area contributed by atoms with Crippen LogP contribution in [0.15, 0.2) is 54.0 Å². The molecule has 2 aromatic rings. The Labute approximate surface area is 190 Å². The summed E-state index contributed by atoms with van der Waals surface area (Å²) in [6.07, 6.45) is 7.37. The SMILES string of the molecule is CN=C(NCCC(=O)N1CCN(c2ccccc2)CC1)N1CCC(C)C(n2ccnc2)C1. The number of rotatable bonds is 5. The van der Waals surface area contributed by atoms with Gasteiger partial charge in [-0.15, -0.1) is 0 Å². The molecule has 2 aliphatic heterocycles. The number of carbonyl (C=O) groups is 1. The number of aromatic nitrogens is 2. The Morgan fingerprint density at radius 2 is 1.91 bits per heavy atom. The van der Waals surface area contributed by atoms with E-state index in [9.17, 15) is 4.79 Å². The Hall–Kier alpha value is -3.03. The van der Waals surface area contributed by atoms with E-state index in [1.165, 1.54) is 5.69 Å². The van der Waals surface area contributed by atoms with Crippen molar-refractivity contribution in [2.24, 2.45) is 10.9 Å². The van der Waals surface area contributed by atoms with Crippen LogP contribution in [0.5, 0.6) is 0 Å². The van der Waals surface area contributed by atoms with Crippen LogP contribution in [-0.2, 0) is 4.79 Å². The summed E-state index contributed by atoms with van der Waals surface area (Å²) < 4.78 is 2.20. The quantitative estimate of drug-likeness (QED) is 0.573. The van der Waals surface area contributed by atoms with E-state index in [2.05, 4.69) is 60.8 Å². The molecule has 2 atom stereocenters. The molecule has 4 rings (SSSR count). The highest BCUT2D eigenvalue weighted by atomic mass is 16.2. The zero-order chi connectivity index (χ0) is 22.3. The molecule has 1 amide bonds. The lowest BCUT2D eigenvalue weighted by Crippen LogP contribution is -2.51. The van der Waals surface area contributed by atoms with Gasteiger partial charge in [-0.25, -0.2) is 4.98 Å². The zero-order valence-corrected chi connectivity index (χ0v) is 19.2. The number of nitrogens with one attached hydrogen (secondary N) is 1. The number of aliphatic imine (C=N–C) groups is 1. The number of imidazole rings is 1. The van der Waals surface area contributed by atoms with Crippen molar-refractivity contribution in [1.82, 2.24) is 24.7 Å². The lowest BCUT2D eigenvalue weighted by molar-refractivity contribution is -0.131. The van der Waals surface area contributed by atoms with E-state index in [0.29, 0.717) is 24.9 Å². The molecule has 32 heavy (non-hydrogen) atoms. The molecule has 8 nitrogen and oxygen atoms in total. The molecule has 0 bridgehead atoms. The minimum atomic E-state index is 0.212. The molecular weight excluding hydrogens is 402 g/mol. The molecule has 1 N–H and O–H groups in total. The summed E-state index contributed by atoms with van der Waals surface area (Å²) in [4.78, 5) is 28.1. The van der Waals surface area contributed by atoms with Gasteiger partial charge < -0.3 is 24.6 Å². The number of likely N-dealkylation sites (tertiary alicyclic amines) is 1. The summed E-state index contributed by atoms with van der Waals surface area (Å²) in [7, 11) is 1.82. The number of nitrogens with zero attached hydrogens (tertiary/aromatic N) is 6. The summed E-state index contributed by atoms with van der Waals surface area (Å²) in [6, 6.07) is 10.8. The van der Waals surface area contributed by atoms with E-state index in [1.807, 2.05) is 36.7 Å². The number of carbonyl (C=O) groups excluding carboxylic acids is 1. The van der Waals surface area contributed by atoms with Crippen molar-refractivity contribution in [2.75, 3.05) is 57.8 Å². The number of piperazine rings is 1. The fourth-order valence-corrected chi connectivity index (χ4v) is 4.72. The number of anilines is 1. The molecule has 0 radical (unpaired) electrons. The lowest BCUT2D eigenvalue weighted by Gasteiger charge is -2.39. The molecule has 0 saturated carbocycles. The van der Waals surface area contributed by atoms with Gasteiger partial charge in [0.15, 0.2) is 5.96 Å². The van der Waals surface area contributed by atoms with Gasteiger partial charge in [0.05, 0.1) is 12.4 Å². The molecule has 0 spiro atoms. The van der Waals surface area contributed by atoms with Crippen molar-refractivity contribution >= 4 is 17.6 Å². The van der Waals surface area contributed by atoms with Crippen molar-refractivity contribution in [2.45, 2.75) is 25.8 Å². The van der Waals surface area contributed by atoms with Gasteiger partial charge in [-0.1, -0.05) is 25.1 Å². The predicted octanol–water partition coefficient (Wildman–Crippen LogP) is 2.08. The second-order valence-corrected chi connectivity index (χ2v) is 8.72. The van der Waals surface area contributed by atoms with Crippen LogP contribution in [-0.4, -0.2) is 84.1 Å². The van der Waals surface area contributed by atoms with Crippen molar-refractivity contribution < 1.29 is 4.79 Å². The van der Waals surface area contributed by atoms with Crippen molar-refractivity contribution in [3.8, 4) is 0 Å². The van der Waals surface area contributed by atoms with Gasteiger partial charge in [0, 0.05) is 77.4 Å². The maximum absolute atomic E-state index is 12.7. The largest absolute Gasteiger partial charge is 0.368 e.